The topological polar surface area (TPSA) is 88.4 Å². The van der Waals surface area contributed by atoms with Crippen molar-refractivity contribution in [3.63, 3.8) is 0 Å². The molecule has 6 rings (SSSR count). The fourth-order valence-electron chi connectivity index (χ4n) is 5.73. The summed E-state index contributed by atoms with van der Waals surface area (Å²) in [5.41, 5.74) is 5.13. The molecular weight excluding hydrogens is 497 g/mol. The number of benzene rings is 2. The molecule has 2 aromatic carbocycles. The van der Waals surface area contributed by atoms with Crippen LogP contribution in [0, 0.1) is 19.7 Å². The Morgan fingerprint density at radius 2 is 2.00 bits per heavy atom. The largest absolute Gasteiger partial charge is 0.489 e. The Labute approximate surface area is 226 Å². The molecule has 1 unspecified atom stereocenters. The van der Waals surface area contributed by atoms with E-state index in [-0.39, 0.29) is 29.6 Å². The number of amides is 1. The van der Waals surface area contributed by atoms with Gasteiger partial charge in [-0.25, -0.2) is 19.3 Å². The van der Waals surface area contributed by atoms with E-state index in [2.05, 4.69) is 45.5 Å². The molecule has 2 aliphatic rings. The number of nitrogens with zero attached hydrogens (tertiary/aromatic N) is 6. The normalized spacial score (nSPS) is 17.4. The van der Waals surface area contributed by atoms with Gasteiger partial charge < -0.3 is 19.5 Å². The number of carbonyl (C=O) groups excluding carboxylic acids is 1. The van der Waals surface area contributed by atoms with Gasteiger partial charge in [0.2, 0.25) is 11.9 Å². The monoisotopic (exact) mass is 529 g/mol. The molecule has 10 heteroatoms. The number of aryl methyl sites for hydroxylation is 2. The first-order valence-electron chi connectivity index (χ1n) is 13.3. The zero-order chi connectivity index (χ0) is 27.4. The summed E-state index contributed by atoms with van der Waals surface area (Å²) in [6, 6.07) is 9.62. The van der Waals surface area contributed by atoms with Crippen LogP contribution in [0.25, 0.3) is 22.3 Å². The molecule has 1 amide bonds. The molecule has 9 nitrogen and oxygen atoms in total. The van der Waals surface area contributed by atoms with Gasteiger partial charge in [0.1, 0.15) is 23.9 Å². The molecule has 202 valence electrons. The zero-order valence-electron chi connectivity index (χ0n) is 22.8. The summed E-state index contributed by atoms with van der Waals surface area (Å²) in [4.78, 5) is 30.3. The number of likely N-dealkylation sites (N-methyl/N-ethyl adjacent to an activating group) is 1. The summed E-state index contributed by atoms with van der Waals surface area (Å²) in [6.45, 7) is 12.7. The summed E-state index contributed by atoms with van der Waals surface area (Å²) in [5, 5.41) is 3.18. The Balaban J connectivity index is 1.31. The average molecular weight is 530 g/mol. The molecule has 0 bridgehead atoms. The quantitative estimate of drug-likeness (QED) is 0.389. The van der Waals surface area contributed by atoms with Gasteiger partial charge in [-0.3, -0.25) is 9.69 Å². The molecule has 1 N–H and O–H groups in total. The fraction of sp³-hybridized carbons (Fsp3) is 0.379. The third-order valence-electron chi connectivity index (χ3n) is 7.51. The number of rotatable bonds is 5. The number of hydrogen-bond donors (Lipinski definition) is 1. The number of fused-ring (bicyclic) bond motifs is 4. The third kappa shape index (κ3) is 4.38. The van der Waals surface area contributed by atoms with Crippen molar-refractivity contribution in [1.82, 2.24) is 24.4 Å². The summed E-state index contributed by atoms with van der Waals surface area (Å²) < 4.78 is 23.2. The Morgan fingerprint density at radius 3 is 2.77 bits per heavy atom. The number of aromatic nitrogens is 4. The van der Waals surface area contributed by atoms with Crippen molar-refractivity contribution in [3.05, 3.63) is 53.7 Å². The summed E-state index contributed by atoms with van der Waals surface area (Å²) in [7, 11) is 0. The third-order valence-corrected chi connectivity index (χ3v) is 7.51. The molecule has 39 heavy (non-hydrogen) atoms. The van der Waals surface area contributed by atoms with Crippen molar-refractivity contribution < 1.29 is 13.9 Å². The minimum atomic E-state index is -0.504. The van der Waals surface area contributed by atoms with Crippen LogP contribution in [0.5, 0.6) is 5.75 Å². The smallest absolute Gasteiger partial charge is 0.241 e. The number of halogens is 1. The van der Waals surface area contributed by atoms with Crippen LogP contribution in [0.3, 0.4) is 0 Å². The van der Waals surface area contributed by atoms with Crippen molar-refractivity contribution in [2.75, 3.05) is 36.5 Å². The van der Waals surface area contributed by atoms with Gasteiger partial charge in [-0.2, -0.15) is 0 Å². The molecule has 0 saturated carbocycles. The van der Waals surface area contributed by atoms with Crippen LogP contribution in [0.1, 0.15) is 38.2 Å². The Hall–Kier alpha value is -4.05. The molecule has 0 aliphatic carbocycles. The molecular formula is C29H32FN7O2. The van der Waals surface area contributed by atoms with E-state index >= 15 is 4.39 Å². The Bertz CT molecular complexity index is 1600. The second-order valence-electron chi connectivity index (χ2n) is 10.5. The average Bonchev–Trinajstić information content (AvgIpc) is 3.25. The highest BCUT2D eigenvalue weighted by molar-refractivity contribution is 5.98. The Kier molecular flexibility index (Phi) is 6.22. The SMILES string of the molecule is CCN1CC(=O)N2c3ccc(Nc4ncc(F)c(-c5cc(C)c6nc(C)n(C(C)C)c6c5)n4)cc3OCC2C1. The predicted octanol–water partition coefficient (Wildman–Crippen LogP) is 5.00. The van der Waals surface area contributed by atoms with Crippen molar-refractivity contribution in [1.29, 1.82) is 0 Å². The number of nitrogens with one attached hydrogen (secondary N) is 1. The highest BCUT2D eigenvalue weighted by atomic mass is 19.1. The molecule has 1 fully saturated rings. The van der Waals surface area contributed by atoms with E-state index in [1.807, 2.05) is 49.1 Å². The molecule has 0 spiro atoms. The molecule has 0 radical (unpaired) electrons. The van der Waals surface area contributed by atoms with Crippen LogP contribution < -0.4 is 15.0 Å². The molecule has 2 aliphatic heterocycles. The van der Waals surface area contributed by atoms with E-state index in [1.165, 1.54) is 6.20 Å². The van der Waals surface area contributed by atoms with Gasteiger partial charge in [-0.1, -0.05) is 6.92 Å². The second kappa shape index (κ2) is 9.60. The van der Waals surface area contributed by atoms with E-state index in [0.717, 1.165) is 41.2 Å². The van der Waals surface area contributed by atoms with Gasteiger partial charge >= 0.3 is 0 Å². The number of piperazine rings is 1. The first kappa shape index (κ1) is 25.2. The maximum Gasteiger partial charge on any atom is 0.241 e. The van der Waals surface area contributed by atoms with Gasteiger partial charge in [0.15, 0.2) is 5.82 Å². The van der Waals surface area contributed by atoms with Crippen LogP contribution in [0.4, 0.5) is 21.7 Å². The summed E-state index contributed by atoms with van der Waals surface area (Å²) >= 11 is 0. The Morgan fingerprint density at radius 1 is 1.18 bits per heavy atom. The van der Waals surface area contributed by atoms with Gasteiger partial charge in [0, 0.05) is 29.9 Å². The van der Waals surface area contributed by atoms with Gasteiger partial charge in [0.25, 0.3) is 0 Å². The van der Waals surface area contributed by atoms with E-state index < -0.39 is 5.82 Å². The van der Waals surface area contributed by atoms with Gasteiger partial charge in [0.05, 0.1) is 35.5 Å². The minimum absolute atomic E-state index is 0.00270. The number of anilines is 3. The summed E-state index contributed by atoms with van der Waals surface area (Å²) in [5.74, 6) is 1.37. The van der Waals surface area contributed by atoms with Crippen molar-refractivity contribution >= 4 is 34.3 Å². The van der Waals surface area contributed by atoms with Crippen LogP contribution in [0.2, 0.25) is 0 Å². The highest BCUT2D eigenvalue weighted by Crippen LogP contribution is 2.38. The molecule has 1 saturated heterocycles. The number of ether oxygens (including phenoxy) is 1. The van der Waals surface area contributed by atoms with Gasteiger partial charge in [-0.15, -0.1) is 0 Å². The van der Waals surface area contributed by atoms with E-state index in [0.29, 0.717) is 30.2 Å². The first-order chi connectivity index (χ1) is 18.7. The lowest BCUT2D eigenvalue weighted by atomic mass is 10.1. The maximum absolute atomic E-state index is 15.0. The number of carbonyl (C=O) groups is 1. The van der Waals surface area contributed by atoms with Crippen molar-refractivity contribution in [3.8, 4) is 17.0 Å². The lowest BCUT2D eigenvalue weighted by Gasteiger charge is -2.43. The molecule has 1 atom stereocenters. The van der Waals surface area contributed by atoms with E-state index in [9.17, 15) is 4.79 Å². The standard InChI is InChI=1S/C29H32FN7O2/c1-6-35-13-21-15-39-25-11-20(7-8-23(25)37(21)26(38)14-35)33-29-31-12-22(30)28(34-29)19-9-17(4)27-24(10-19)36(16(2)3)18(5)32-27/h7-12,16,21H,6,13-15H2,1-5H3,(H,31,33,34). The van der Waals surface area contributed by atoms with E-state index in [4.69, 9.17) is 9.72 Å². The van der Waals surface area contributed by atoms with Crippen molar-refractivity contribution in [2.45, 2.75) is 46.7 Å². The highest BCUT2D eigenvalue weighted by Gasteiger charge is 2.37. The predicted molar refractivity (Wildman–Crippen MR) is 149 cm³/mol. The van der Waals surface area contributed by atoms with Crippen LogP contribution >= 0.6 is 0 Å². The molecule has 4 aromatic rings. The molecule has 4 heterocycles. The van der Waals surface area contributed by atoms with E-state index in [1.54, 1.807) is 0 Å². The van der Waals surface area contributed by atoms with Crippen LogP contribution in [-0.4, -0.2) is 62.6 Å². The van der Waals surface area contributed by atoms with Crippen molar-refractivity contribution in [2.24, 2.45) is 0 Å². The lowest BCUT2D eigenvalue weighted by molar-refractivity contribution is -0.122. The first-order valence-corrected chi connectivity index (χ1v) is 13.3. The fourth-order valence-corrected chi connectivity index (χ4v) is 5.73. The van der Waals surface area contributed by atoms with Gasteiger partial charge in [-0.05, 0) is 64.1 Å². The lowest BCUT2D eigenvalue weighted by Crippen LogP contribution is -2.60. The number of imidazole rings is 1. The molecule has 2 aromatic heterocycles. The maximum atomic E-state index is 15.0. The summed E-state index contributed by atoms with van der Waals surface area (Å²) in [6.07, 6.45) is 1.18. The van der Waals surface area contributed by atoms with Crippen LogP contribution in [0.15, 0.2) is 36.5 Å². The zero-order valence-corrected chi connectivity index (χ0v) is 22.8. The second-order valence-corrected chi connectivity index (χ2v) is 10.5. The minimum Gasteiger partial charge on any atom is -0.489 e. The van der Waals surface area contributed by atoms with Crippen LogP contribution in [-0.2, 0) is 4.79 Å². The number of hydrogen-bond acceptors (Lipinski definition) is 7.